The molecule has 0 spiro atoms. The highest BCUT2D eigenvalue weighted by Crippen LogP contribution is 2.19. The summed E-state index contributed by atoms with van der Waals surface area (Å²) in [6.07, 6.45) is -0.123. The van der Waals surface area contributed by atoms with E-state index in [0.29, 0.717) is 13.1 Å². The lowest BCUT2D eigenvalue weighted by atomic mass is 10.1. The van der Waals surface area contributed by atoms with Crippen molar-refractivity contribution in [2.75, 3.05) is 19.6 Å². The fourth-order valence-electron chi connectivity index (χ4n) is 3.17. The highest BCUT2D eigenvalue weighted by molar-refractivity contribution is 5.86. The number of benzene rings is 1. The molecule has 1 heterocycles. The summed E-state index contributed by atoms with van der Waals surface area (Å²) in [6.45, 7) is 10.0. The average molecular weight is 389 g/mol. The van der Waals surface area contributed by atoms with Gasteiger partial charge in [0.15, 0.2) is 0 Å². The summed E-state index contributed by atoms with van der Waals surface area (Å²) >= 11 is 0. The van der Waals surface area contributed by atoms with Gasteiger partial charge in [-0.05, 0) is 40.2 Å². The molecule has 3 amide bonds. The lowest BCUT2D eigenvalue weighted by molar-refractivity contribution is -0.137. The van der Waals surface area contributed by atoms with Crippen LogP contribution in [0.5, 0.6) is 0 Å². The number of carbonyl (C=O) groups excluding carboxylic acids is 3. The Bertz CT molecular complexity index is 699. The van der Waals surface area contributed by atoms with Gasteiger partial charge in [0.1, 0.15) is 5.60 Å². The van der Waals surface area contributed by atoms with Gasteiger partial charge in [-0.15, -0.1) is 0 Å². The second-order valence-corrected chi connectivity index (χ2v) is 8.32. The smallest absolute Gasteiger partial charge is 0.410 e. The van der Waals surface area contributed by atoms with Crippen molar-refractivity contribution in [3.63, 3.8) is 0 Å². The van der Waals surface area contributed by atoms with Crippen molar-refractivity contribution in [1.29, 1.82) is 0 Å². The van der Waals surface area contributed by atoms with E-state index in [1.807, 2.05) is 65.0 Å². The van der Waals surface area contributed by atoms with Gasteiger partial charge in [0.25, 0.3) is 0 Å². The van der Waals surface area contributed by atoms with Crippen LogP contribution >= 0.6 is 0 Å². The number of rotatable bonds is 4. The topological polar surface area (TPSA) is 79.0 Å². The van der Waals surface area contributed by atoms with Crippen molar-refractivity contribution >= 4 is 17.9 Å². The number of ether oxygens (including phenoxy) is 1. The maximum Gasteiger partial charge on any atom is 0.410 e. The molecule has 7 nitrogen and oxygen atoms in total. The molecular formula is C21H31N3O4. The molecule has 1 fully saturated rings. The summed E-state index contributed by atoms with van der Waals surface area (Å²) in [5, 5.41) is 2.69. The number of carbonyl (C=O) groups is 3. The fourth-order valence-corrected chi connectivity index (χ4v) is 3.17. The van der Waals surface area contributed by atoms with Crippen LogP contribution in [0.3, 0.4) is 0 Å². The SMILES string of the molecule is C[C@@H]1CN(C(=O)CNC(=O)Cc2ccccc2)[C@@H](C)CN1C(=O)OC(C)(C)C. The van der Waals surface area contributed by atoms with E-state index < -0.39 is 5.60 Å². The molecule has 0 unspecified atom stereocenters. The van der Waals surface area contributed by atoms with E-state index in [1.165, 1.54) is 0 Å². The lowest BCUT2D eigenvalue weighted by Gasteiger charge is -2.44. The molecule has 154 valence electrons. The van der Waals surface area contributed by atoms with Gasteiger partial charge < -0.3 is 19.9 Å². The molecule has 28 heavy (non-hydrogen) atoms. The monoisotopic (exact) mass is 389 g/mol. The first-order chi connectivity index (χ1) is 13.1. The third kappa shape index (κ3) is 6.25. The molecule has 1 aliphatic rings. The van der Waals surface area contributed by atoms with Gasteiger partial charge in [-0.1, -0.05) is 30.3 Å². The Morgan fingerprint density at radius 3 is 2.21 bits per heavy atom. The normalized spacial score (nSPS) is 19.9. The minimum atomic E-state index is -0.559. The van der Waals surface area contributed by atoms with Crippen molar-refractivity contribution in [2.45, 2.75) is 58.7 Å². The molecule has 7 heteroatoms. The Morgan fingerprint density at radius 1 is 1.04 bits per heavy atom. The predicted molar refractivity (Wildman–Crippen MR) is 107 cm³/mol. The van der Waals surface area contributed by atoms with Crippen LogP contribution in [-0.2, 0) is 20.7 Å². The Balaban J connectivity index is 1.86. The van der Waals surface area contributed by atoms with Crippen LogP contribution in [0.2, 0.25) is 0 Å². The number of hydrogen-bond acceptors (Lipinski definition) is 4. The van der Waals surface area contributed by atoms with Crippen LogP contribution in [-0.4, -0.2) is 65.0 Å². The largest absolute Gasteiger partial charge is 0.444 e. The fraction of sp³-hybridized carbons (Fsp3) is 0.571. The third-order valence-electron chi connectivity index (χ3n) is 4.58. The molecule has 0 saturated carbocycles. The molecule has 1 aromatic rings. The zero-order valence-electron chi connectivity index (χ0n) is 17.4. The summed E-state index contributed by atoms with van der Waals surface area (Å²) in [5.41, 5.74) is 0.344. The van der Waals surface area contributed by atoms with E-state index >= 15 is 0 Å². The van der Waals surface area contributed by atoms with E-state index in [2.05, 4.69) is 5.32 Å². The van der Waals surface area contributed by atoms with E-state index in [9.17, 15) is 14.4 Å². The van der Waals surface area contributed by atoms with Gasteiger partial charge in [-0.2, -0.15) is 0 Å². The molecule has 0 aromatic heterocycles. The summed E-state index contributed by atoms with van der Waals surface area (Å²) in [5.74, 6) is -0.336. The molecule has 1 aliphatic heterocycles. The van der Waals surface area contributed by atoms with E-state index in [0.717, 1.165) is 5.56 Å². The Kier molecular flexibility index (Phi) is 7.05. The first-order valence-corrected chi connectivity index (χ1v) is 9.66. The van der Waals surface area contributed by atoms with Crippen LogP contribution in [0.4, 0.5) is 4.79 Å². The Hall–Kier alpha value is -2.57. The zero-order valence-corrected chi connectivity index (χ0v) is 17.4. The van der Waals surface area contributed by atoms with Crippen LogP contribution in [0, 0.1) is 0 Å². The first-order valence-electron chi connectivity index (χ1n) is 9.66. The third-order valence-corrected chi connectivity index (χ3v) is 4.58. The van der Waals surface area contributed by atoms with Gasteiger partial charge in [-0.3, -0.25) is 9.59 Å². The summed E-state index contributed by atoms with van der Waals surface area (Å²) < 4.78 is 5.45. The predicted octanol–water partition coefficient (Wildman–Crippen LogP) is 2.20. The van der Waals surface area contributed by atoms with Gasteiger partial charge >= 0.3 is 6.09 Å². The van der Waals surface area contributed by atoms with Gasteiger partial charge in [0, 0.05) is 25.2 Å². The van der Waals surface area contributed by atoms with Crippen molar-refractivity contribution in [2.24, 2.45) is 0 Å². The average Bonchev–Trinajstić information content (AvgIpc) is 2.60. The highest BCUT2D eigenvalue weighted by atomic mass is 16.6. The maximum absolute atomic E-state index is 12.6. The summed E-state index contributed by atoms with van der Waals surface area (Å²) in [4.78, 5) is 40.4. The van der Waals surface area contributed by atoms with Crippen LogP contribution < -0.4 is 5.32 Å². The first kappa shape index (κ1) is 21.7. The molecule has 0 radical (unpaired) electrons. The van der Waals surface area contributed by atoms with E-state index in [-0.39, 0.29) is 43.0 Å². The standard InChI is InChI=1S/C21H31N3O4/c1-15-14-24(20(27)28-21(3,4)5)16(2)13-23(15)19(26)12-22-18(25)11-17-9-7-6-8-10-17/h6-10,15-16H,11-14H2,1-5H3,(H,22,25)/t15-,16+/m0/s1. The van der Waals surface area contributed by atoms with Gasteiger partial charge in [0.2, 0.25) is 11.8 Å². The van der Waals surface area contributed by atoms with Crippen molar-refractivity contribution in [3.8, 4) is 0 Å². The number of amides is 3. The molecule has 1 saturated heterocycles. The number of nitrogens with one attached hydrogen (secondary N) is 1. The summed E-state index contributed by atoms with van der Waals surface area (Å²) in [7, 11) is 0. The minimum Gasteiger partial charge on any atom is -0.444 e. The zero-order chi connectivity index (χ0) is 20.9. The second kappa shape index (κ2) is 9.08. The van der Waals surface area contributed by atoms with Crippen molar-refractivity contribution in [3.05, 3.63) is 35.9 Å². The number of nitrogens with zero attached hydrogens (tertiary/aromatic N) is 2. The summed E-state index contributed by atoms with van der Waals surface area (Å²) in [6, 6.07) is 9.09. The molecule has 0 bridgehead atoms. The molecule has 1 N–H and O–H groups in total. The highest BCUT2D eigenvalue weighted by Gasteiger charge is 2.36. The quantitative estimate of drug-likeness (QED) is 0.856. The maximum atomic E-state index is 12.6. The Labute approximate surface area is 167 Å². The van der Waals surface area contributed by atoms with E-state index in [4.69, 9.17) is 4.74 Å². The van der Waals surface area contributed by atoms with Crippen LogP contribution in [0.25, 0.3) is 0 Å². The molecule has 1 aromatic carbocycles. The minimum absolute atomic E-state index is 0.0465. The van der Waals surface area contributed by atoms with Crippen molar-refractivity contribution in [1.82, 2.24) is 15.1 Å². The second-order valence-electron chi connectivity index (χ2n) is 8.32. The van der Waals surface area contributed by atoms with Gasteiger partial charge in [0.05, 0.1) is 13.0 Å². The Morgan fingerprint density at radius 2 is 1.61 bits per heavy atom. The number of hydrogen-bond donors (Lipinski definition) is 1. The lowest BCUT2D eigenvalue weighted by Crippen LogP contribution is -2.61. The van der Waals surface area contributed by atoms with Crippen LogP contribution in [0.15, 0.2) is 30.3 Å². The van der Waals surface area contributed by atoms with Crippen LogP contribution in [0.1, 0.15) is 40.2 Å². The van der Waals surface area contributed by atoms with Gasteiger partial charge in [-0.25, -0.2) is 4.79 Å². The molecular weight excluding hydrogens is 358 g/mol. The van der Waals surface area contributed by atoms with Crippen molar-refractivity contribution < 1.29 is 19.1 Å². The molecule has 2 rings (SSSR count). The molecule has 0 aliphatic carbocycles. The molecule has 2 atom stereocenters. The van der Waals surface area contributed by atoms with E-state index in [1.54, 1.807) is 9.80 Å². The number of piperazine rings is 1.